The molecule has 0 radical (unpaired) electrons. The summed E-state index contributed by atoms with van der Waals surface area (Å²) in [6.07, 6.45) is 0.907. The smallest absolute Gasteiger partial charge is 0.244 e. The van der Waals surface area contributed by atoms with Crippen LogP contribution < -0.4 is 10.6 Å². The Labute approximate surface area is 129 Å². The van der Waals surface area contributed by atoms with Crippen LogP contribution in [0, 0.1) is 5.92 Å². The number of carbonyl (C=O) groups is 4. The van der Waals surface area contributed by atoms with E-state index in [1.807, 2.05) is 13.8 Å². The Hall–Kier alpha value is -2.12. The first kappa shape index (κ1) is 16.3. The number of carbonyl (C=O) groups excluding carboxylic acids is 4. The lowest BCUT2D eigenvalue weighted by molar-refractivity contribution is -0.136. The molecule has 0 aromatic heterocycles. The number of amides is 4. The molecule has 2 fully saturated rings. The van der Waals surface area contributed by atoms with E-state index < -0.39 is 0 Å². The van der Waals surface area contributed by atoms with Gasteiger partial charge in [0.25, 0.3) is 0 Å². The van der Waals surface area contributed by atoms with Gasteiger partial charge in [-0.3, -0.25) is 19.2 Å². The molecule has 4 amide bonds. The van der Waals surface area contributed by atoms with E-state index in [0.717, 1.165) is 6.42 Å². The molecule has 1 unspecified atom stereocenters. The van der Waals surface area contributed by atoms with Crippen LogP contribution in [-0.2, 0) is 19.2 Å². The predicted molar refractivity (Wildman–Crippen MR) is 77.3 cm³/mol. The van der Waals surface area contributed by atoms with E-state index in [1.165, 1.54) is 9.80 Å². The van der Waals surface area contributed by atoms with Gasteiger partial charge in [-0.15, -0.1) is 0 Å². The summed E-state index contributed by atoms with van der Waals surface area (Å²) in [5.74, 6) is -0.800. The van der Waals surface area contributed by atoms with Crippen LogP contribution in [0.15, 0.2) is 0 Å². The predicted octanol–water partition coefficient (Wildman–Crippen LogP) is -1.33. The standard InChI is InChI=1S/C14H22N4O4/c1-9(2)14-16-11(20)8-18(14)13(22)6-15-10(19)7-17-5-3-4-12(17)21/h9,14H,3-8H2,1-2H3,(H,15,19)(H,16,20). The second-order valence-corrected chi connectivity index (χ2v) is 5.97. The van der Waals surface area contributed by atoms with Gasteiger partial charge >= 0.3 is 0 Å². The van der Waals surface area contributed by atoms with Gasteiger partial charge in [0, 0.05) is 13.0 Å². The molecule has 2 N–H and O–H groups in total. The van der Waals surface area contributed by atoms with Crippen molar-refractivity contribution in [3.63, 3.8) is 0 Å². The third-order valence-electron chi connectivity index (χ3n) is 3.85. The number of hydrogen-bond acceptors (Lipinski definition) is 4. The quantitative estimate of drug-likeness (QED) is 0.657. The monoisotopic (exact) mass is 310 g/mol. The fourth-order valence-corrected chi connectivity index (χ4v) is 2.69. The number of likely N-dealkylation sites (tertiary alicyclic amines) is 1. The van der Waals surface area contributed by atoms with Crippen molar-refractivity contribution >= 4 is 23.6 Å². The summed E-state index contributed by atoms with van der Waals surface area (Å²) in [6.45, 7) is 4.24. The molecule has 2 rings (SSSR count). The van der Waals surface area contributed by atoms with Crippen molar-refractivity contribution in [3.8, 4) is 0 Å². The van der Waals surface area contributed by atoms with Gasteiger partial charge in [-0.1, -0.05) is 13.8 Å². The van der Waals surface area contributed by atoms with E-state index in [4.69, 9.17) is 0 Å². The molecule has 8 heteroatoms. The maximum atomic E-state index is 12.2. The van der Waals surface area contributed by atoms with Crippen molar-refractivity contribution in [1.82, 2.24) is 20.4 Å². The van der Waals surface area contributed by atoms with Crippen molar-refractivity contribution in [3.05, 3.63) is 0 Å². The molecule has 2 aliphatic heterocycles. The van der Waals surface area contributed by atoms with Gasteiger partial charge in [-0.25, -0.2) is 0 Å². The molecule has 0 bridgehead atoms. The normalized spacial score (nSPS) is 21.5. The summed E-state index contributed by atoms with van der Waals surface area (Å²) < 4.78 is 0. The van der Waals surface area contributed by atoms with Gasteiger partial charge in [0.15, 0.2) is 0 Å². The lowest BCUT2D eigenvalue weighted by Crippen LogP contribution is -2.48. The zero-order valence-electron chi connectivity index (χ0n) is 12.9. The highest BCUT2D eigenvalue weighted by Crippen LogP contribution is 2.13. The van der Waals surface area contributed by atoms with Crippen LogP contribution in [0.2, 0.25) is 0 Å². The molecular weight excluding hydrogens is 288 g/mol. The average Bonchev–Trinajstić information content (AvgIpc) is 3.03. The first-order valence-electron chi connectivity index (χ1n) is 7.52. The minimum absolute atomic E-state index is 0.0160. The molecule has 1 atom stereocenters. The van der Waals surface area contributed by atoms with E-state index in [-0.39, 0.29) is 55.3 Å². The Morgan fingerprint density at radius 3 is 2.68 bits per heavy atom. The highest BCUT2D eigenvalue weighted by molar-refractivity contribution is 5.92. The third-order valence-corrected chi connectivity index (χ3v) is 3.85. The molecule has 0 saturated carbocycles. The molecule has 0 spiro atoms. The first-order valence-corrected chi connectivity index (χ1v) is 7.52. The fourth-order valence-electron chi connectivity index (χ4n) is 2.69. The highest BCUT2D eigenvalue weighted by Gasteiger charge is 2.35. The summed E-state index contributed by atoms with van der Waals surface area (Å²) in [5.41, 5.74) is 0. The second-order valence-electron chi connectivity index (χ2n) is 5.97. The van der Waals surface area contributed by atoms with Crippen LogP contribution in [-0.4, -0.2) is 65.8 Å². The Balaban J connectivity index is 1.80. The summed E-state index contributed by atoms with van der Waals surface area (Å²) >= 11 is 0. The minimum atomic E-state index is -0.358. The summed E-state index contributed by atoms with van der Waals surface area (Å²) in [7, 11) is 0. The van der Waals surface area contributed by atoms with Crippen LogP contribution in [0.4, 0.5) is 0 Å². The second kappa shape index (κ2) is 6.76. The Morgan fingerprint density at radius 2 is 2.09 bits per heavy atom. The molecule has 122 valence electrons. The van der Waals surface area contributed by atoms with Crippen molar-refractivity contribution in [1.29, 1.82) is 0 Å². The maximum Gasteiger partial charge on any atom is 0.244 e. The molecule has 2 aliphatic rings. The van der Waals surface area contributed by atoms with Gasteiger partial charge in [0.1, 0.15) is 12.7 Å². The maximum absolute atomic E-state index is 12.2. The van der Waals surface area contributed by atoms with Crippen LogP contribution >= 0.6 is 0 Å². The zero-order chi connectivity index (χ0) is 16.3. The van der Waals surface area contributed by atoms with E-state index in [2.05, 4.69) is 10.6 Å². The number of nitrogens with one attached hydrogen (secondary N) is 2. The SMILES string of the molecule is CC(C)C1NC(=O)CN1C(=O)CNC(=O)CN1CCCC1=O. The van der Waals surface area contributed by atoms with E-state index in [9.17, 15) is 19.2 Å². The Morgan fingerprint density at radius 1 is 1.36 bits per heavy atom. The summed E-state index contributed by atoms with van der Waals surface area (Å²) in [6, 6.07) is 0. The molecule has 8 nitrogen and oxygen atoms in total. The molecule has 2 heterocycles. The van der Waals surface area contributed by atoms with Crippen LogP contribution in [0.25, 0.3) is 0 Å². The molecule has 0 aromatic carbocycles. The lowest BCUT2D eigenvalue weighted by atomic mass is 10.1. The highest BCUT2D eigenvalue weighted by atomic mass is 16.2. The zero-order valence-corrected chi connectivity index (χ0v) is 12.9. The van der Waals surface area contributed by atoms with Gasteiger partial charge in [0.05, 0.1) is 13.1 Å². The molecule has 0 aliphatic carbocycles. The van der Waals surface area contributed by atoms with Gasteiger partial charge in [-0.05, 0) is 12.3 Å². The van der Waals surface area contributed by atoms with Gasteiger partial charge in [-0.2, -0.15) is 0 Å². The van der Waals surface area contributed by atoms with Gasteiger partial charge in [0.2, 0.25) is 23.6 Å². The summed E-state index contributed by atoms with van der Waals surface area (Å²) in [5, 5.41) is 5.26. The van der Waals surface area contributed by atoms with E-state index in [0.29, 0.717) is 13.0 Å². The summed E-state index contributed by atoms with van der Waals surface area (Å²) in [4.78, 5) is 49.7. The fraction of sp³-hybridized carbons (Fsp3) is 0.714. The van der Waals surface area contributed by atoms with Gasteiger partial charge < -0.3 is 20.4 Å². The van der Waals surface area contributed by atoms with E-state index >= 15 is 0 Å². The minimum Gasteiger partial charge on any atom is -0.345 e. The Kier molecular flexibility index (Phi) is 4.99. The van der Waals surface area contributed by atoms with Crippen LogP contribution in [0.3, 0.4) is 0 Å². The third kappa shape index (κ3) is 3.75. The van der Waals surface area contributed by atoms with Crippen LogP contribution in [0.1, 0.15) is 26.7 Å². The number of rotatable bonds is 5. The molecule has 0 aromatic rings. The van der Waals surface area contributed by atoms with E-state index in [1.54, 1.807) is 0 Å². The van der Waals surface area contributed by atoms with Crippen molar-refractivity contribution in [2.45, 2.75) is 32.9 Å². The average molecular weight is 310 g/mol. The van der Waals surface area contributed by atoms with Crippen LogP contribution in [0.5, 0.6) is 0 Å². The van der Waals surface area contributed by atoms with Crippen molar-refractivity contribution in [2.75, 3.05) is 26.2 Å². The first-order chi connectivity index (χ1) is 10.4. The molecule has 2 saturated heterocycles. The molecule has 22 heavy (non-hydrogen) atoms. The Bertz CT molecular complexity index is 491. The van der Waals surface area contributed by atoms with Crippen molar-refractivity contribution in [2.24, 2.45) is 5.92 Å². The largest absolute Gasteiger partial charge is 0.345 e. The topological polar surface area (TPSA) is 98.8 Å². The van der Waals surface area contributed by atoms with Crippen molar-refractivity contribution < 1.29 is 19.2 Å². The lowest BCUT2D eigenvalue weighted by Gasteiger charge is -2.26. The number of hydrogen-bond donors (Lipinski definition) is 2. The number of nitrogens with zero attached hydrogens (tertiary/aromatic N) is 2. The molecular formula is C14H22N4O4.